The lowest BCUT2D eigenvalue weighted by Gasteiger charge is -2.32. The molecule has 3 heteroatoms. The minimum absolute atomic E-state index is 0.0962. The van der Waals surface area contributed by atoms with Crippen molar-refractivity contribution in [3.05, 3.63) is 0 Å². The van der Waals surface area contributed by atoms with Crippen molar-refractivity contribution in [2.45, 2.75) is 52.6 Å². The van der Waals surface area contributed by atoms with Gasteiger partial charge in [-0.15, -0.1) is 0 Å². The average molecular weight is 228 g/mol. The Labute approximate surface area is 100 Å². The molecule has 1 aliphatic heterocycles. The van der Waals surface area contributed by atoms with Crippen molar-refractivity contribution in [2.24, 2.45) is 17.1 Å². The van der Waals surface area contributed by atoms with Crippen molar-refractivity contribution >= 4 is 0 Å². The van der Waals surface area contributed by atoms with Crippen LogP contribution in [0, 0.1) is 11.3 Å². The van der Waals surface area contributed by atoms with Crippen LogP contribution >= 0.6 is 0 Å². The fourth-order valence-electron chi connectivity index (χ4n) is 2.66. The molecule has 3 N–H and O–H groups in total. The standard InChI is InChI=1S/C13H28N2O/c1-10(2)7-11(14)12(8-16)15-6-5-13(3,4)9-15/h10-12,16H,5-9,14H2,1-4H3. The summed E-state index contributed by atoms with van der Waals surface area (Å²) in [5.74, 6) is 0.597. The Kier molecular flexibility index (Phi) is 4.77. The maximum absolute atomic E-state index is 9.52. The predicted molar refractivity (Wildman–Crippen MR) is 68.3 cm³/mol. The number of hydrogen-bond acceptors (Lipinski definition) is 3. The Balaban J connectivity index is 2.54. The maximum Gasteiger partial charge on any atom is 0.0601 e. The molecule has 2 unspecified atom stereocenters. The molecule has 0 bridgehead atoms. The molecule has 1 saturated heterocycles. The lowest BCUT2D eigenvalue weighted by atomic mass is 9.93. The molecule has 1 heterocycles. The van der Waals surface area contributed by atoms with Gasteiger partial charge in [0.15, 0.2) is 0 Å². The first-order valence-electron chi connectivity index (χ1n) is 6.46. The highest BCUT2D eigenvalue weighted by molar-refractivity contribution is 4.90. The molecule has 16 heavy (non-hydrogen) atoms. The Hall–Kier alpha value is -0.120. The van der Waals surface area contributed by atoms with Crippen LogP contribution in [-0.4, -0.2) is 41.8 Å². The number of aliphatic hydroxyl groups excluding tert-OH is 1. The molecule has 1 fully saturated rings. The number of hydrogen-bond donors (Lipinski definition) is 2. The van der Waals surface area contributed by atoms with Gasteiger partial charge < -0.3 is 10.8 Å². The molecule has 0 aromatic heterocycles. The Morgan fingerprint density at radius 2 is 2.00 bits per heavy atom. The third kappa shape index (κ3) is 3.72. The Bertz CT molecular complexity index is 216. The lowest BCUT2D eigenvalue weighted by molar-refractivity contribution is 0.110. The van der Waals surface area contributed by atoms with Crippen LogP contribution in [0.1, 0.15) is 40.5 Å². The zero-order chi connectivity index (χ0) is 12.3. The van der Waals surface area contributed by atoms with E-state index in [4.69, 9.17) is 5.73 Å². The quantitative estimate of drug-likeness (QED) is 0.749. The first-order chi connectivity index (χ1) is 7.35. The average Bonchev–Trinajstić information content (AvgIpc) is 2.46. The van der Waals surface area contributed by atoms with Crippen molar-refractivity contribution in [1.29, 1.82) is 0 Å². The summed E-state index contributed by atoms with van der Waals surface area (Å²) in [4.78, 5) is 2.37. The van der Waals surface area contributed by atoms with Gasteiger partial charge in [0, 0.05) is 18.6 Å². The van der Waals surface area contributed by atoms with E-state index in [0.717, 1.165) is 19.5 Å². The predicted octanol–water partition coefficient (Wildman–Crippen LogP) is 1.45. The number of likely N-dealkylation sites (tertiary alicyclic amines) is 1. The number of rotatable bonds is 5. The topological polar surface area (TPSA) is 49.5 Å². The third-order valence-electron chi connectivity index (χ3n) is 3.60. The van der Waals surface area contributed by atoms with Gasteiger partial charge in [-0.05, 0) is 30.7 Å². The first kappa shape index (κ1) is 13.9. The molecule has 3 nitrogen and oxygen atoms in total. The molecule has 0 spiro atoms. The molecular formula is C13H28N2O. The van der Waals surface area contributed by atoms with E-state index in [1.54, 1.807) is 0 Å². The second kappa shape index (κ2) is 5.48. The molecule has 96 valence electrons. The van der Waals surface area contributed by atoms with Gasteiger partial charge in [0.05, 0.1) is 6.61 Å². The van der Waals surface area contributed by atoms with E-state index < -0.39 is 0 Å². The molecule has 0 saturated carbocycles. The maximum atomic E-state index is 9.52. The van der Waals surface area contributed by atoms with E-state index in [-0.39, 0.29) is 18.7 Å². The zero-order valence-electron chi connectivity index (χ0n) is 11.2. The fourth-order valence-corrected chi connectivity index (χ4v) is 2.66. The monoisotopic (exact) mass is 228 g/mol. The number of aliphatic hydroxyl groups is 1. The summed E-state index contributed by atoms with van der Waals surface area (Å²) in [5, 5.41) is 9.52. The molecular weight excluding hydrogens is 200 g/mol. The largest absolute Gasteiger partial charge is 0.395 e. The van der Waals surface area contributed by atoms with E-state index in [0.29, 0.717) is 11.3 Å². The summed E-state index contributed by atoms with van der Waals surface area (Å²) in [6, 6.07) is 0.239. The van der Waals surface area contributed by atoms with E-state index in [1.807, 2.05) is 0 Å². The van der Waals surface area contributed by atoms with Crippen LogP contribution in [0.25, 0.3) is 0 Å². The van der Waals surface area contributed by atoms with Gasteiger partial charge in [-0.2, -0.15) is 0 Å². The SMILES string of the molecule is CC(C)CC(N)C(CO)N1CCC(C)(C)C1. The van der Waals surface area contributed by atoms with Gasteiger partial charge >= 0.3 is 0 Å². The summed E-state index contributed by atoms with van der Waals surface area (Å²) in [6.45, 7) is 11.3. The Morgan fingerprint density at radius 3 is 2.38 bits per heavy atom. The molecule has 0 aromatic rings. The van der Waals surface area contributed by atoms with Crippen LogP contribution in [0.3, 0.4) is 0 Å². The van der Waals surface area contributed by atoms with Crippen molar-refractivity contribution in [3.63, 3.8) is 0 Å². The first-order valence-corrected chi connectivity index (χ1v) is 6.46. The van der Waals surface area contributed by atoms with Crippen LogP contribution in [0.5, 0.6) is 0 Å². The molecule has 0 radical (unpaired) electrons. The highest BCUT2D eigenvalue weighted by Crippen LogP contribution is 2.30. The summed E-state index contributed by atoms with van der Waals surface area (Å²) in [6.07, 6.45) is 2.19. The second-order valence-corrected chi connectivity index (χ2v) is 6.43. The van der Waals surface area contributed by atoms with Crippen LogP contribution < -0.4 is 5.73 Å². The van der Waals surface area contributed by atoms with Gasteiger partial charge in [0.25, 0.3) is 0 Å². The normalized spacial score (nSPS) is 24.9. The summed E-state index contributed by atoms with van der Waals surface area (Å²) >= 11 is 0. The zero-order valence-corrected chi connectivity index (χ0v) is 11.2. The highest BCUT2D eigenvalue weighted by atomic mass is 16.3. The van der Waals surface area contributed by atoms with Gasteiger partial charge in [0.1, 0.15) is 0 Å². The van der Waals surface area contributed by atoms with Crippen LogP contribution in [0.4, 0.5) is 0 Å². The summed E-state index contributed by atoms with van der Waals surface area (Å²) in [7, 11) is 0. The van der Waals surface area contributed by atoms with E-state index in [2.05, 4.69) is 32.6 Å². The smallest absolute Gasteiger partial charge is 0.0601 e. The summed E-state index contributed by atoms with van der Waals surface area (Å²) < 4.78 is 0. The Morgan fingerprint density at radius 1 is 1.38 bits per heavy atom. The van der Waals surface area contributed by atoms with Gasteiger partial charge in [0.2, 0.25) is 0 Å². The molecule has 2 atom stereocenters. The van der Waals surface area contributed by atoms with Crippen LogP contribution in [0.2, 0.25) is 0 Å². The molecule has 0 amide bonds. The third-order valence-corrected chi connectivity index (χ3v) is 3.60. The van der Waals surface area contributed by atoms with Crippen molar-refractivity contribution < 1.29 is 5.11 Å². The molecule has 0 aromatic carbocycles. The van der Waals surface area contributed by atoms with Crippen LogP contribution in [0.15, 0.2) is 0 Å². The summed E-state index contributed by atoms with van der Waals surface area (Å²) in [5.41, 5.74) is 6.58. The fraction of sp³-hybridized carbons (Fsp3) is 1.00. The van der Waals surface area contributed by atoms with Gasteiger partial charge in [-0.25, -0.2) is 0 Å². The van der Waals surface area contributed by atoms with Gasteiger partial charge in [-0.3, -0.25) is 4.90 Å². The minimum atomic E-state index is 0.0962. The number of nitrogens with two attached hydrogens (primary N) is 1. The van der Waals surface area contributed by atoms with Crippen molar-refractivity contribution in [2.75, 3.05) is 19.7 Å². The lowest BCUT2D eigenvalue weighted by Crippen LogP contribution is -2.50. The van der Waals surface area contributed by atoms with Crippen LogP contribution in [-0.2, 0) is 0 Å². The minimum Gasteiger partial charge on any atom is -0.395 e. The van der Waals surface area contributed by atoms with Gasteiger partial charge in [-0.1, -0.05) is 27.7 Å². The number of nitrogens with zero attached hydrogens (tertiary/aromatic N) is 1. The van der Waals surface area contributed by atoms with Crippen molar-refractivity contribution in [1.82, 2.24) is 4.90 Å². The molecule has 1 aliphatic rings. The molecule has 0 aliphatic carbocycles. The van der Waals surface area contributed by atoms with E-state index in [1.165, 1.54) is 6.42 Å². The van der Waals surface area contributed by atoms with E-state index in [9.17, 15) is 5.11 Å². The van der Waals surface area contributed by atoms with Crippen molar-refractivity contribution in [3.8, 4) is 0 Å². The molecule has 1 rings (SSSR count). The second-order valence-electron chi connectivity index (χ2n) is 6.43. The van der Waals surface area contributed by atoms with E-state index >= 15 is 0 Å². The highest BCUT2D eigenvalue weighted by Gasteiger charge is 2.35.